The van der Waals surface area contributed by atoms with Crippen LogP contribution in [-0.2, 0) is 13.1 Å². The molecule has 222 valence electrons. The largest absolute Gasteiger partial charge is 0.508 e. The summed E-state index contributed by atoms with van der Waals surface area (Å²) in [4.78, 5) is 30.2. The standard InChI is InChI=1S/C32H38IN5O4/c1-31(41)9-4-12-37(17-31)28-24-15-38(29(40)23-14-22(39)13-20-5-3-6-25(33)27(20)23)16-26(24)34-30(35-28)42-19-32(10-11-32)18-36(2)21-7-8-21/h3,5-6,13-14,21,39,41H,4,7-12,15-19H2,1-2H3/t31-/m1/s1. The molecule has 2 saturated carbocycles. The van der Waals surface area contributed by atoms with E-state index in [2.05, 4.69) is 39.4 Å². The molecule has 1 atom stereocenters. The first-order valence-electron chi connectivity index (χ1n) is 15.0. The molecule has 2 aromatic carbocycles. The van der Waals surface area contributed by atoms with Crippen LogP contribution < -0.4 is 9.64 Å². The van der Waals surface area contributed by atoms with Gasteiger partial charge in [-0.3, -0.25) is 4.79 Å². The molecule has 0 unspecified atom stereocenters. The van der Waals surface area contributed by atoms with E-state index < -0.39 is 5.60 Å². The fourth-order valence-corrected chi connectivity index (χ4v) is 7.52. The predicted octanol–water partition coefficient (Wildman–Crippen LogP) is 4.70. The van der Waals surface area contributed by atoms with E-state index in [1.54, 1.807) is 17.0 Å². The summed E-state index contributed by atoms with van der Waals surface area (Å²) in [6.45, 7) is 5.42. The molecular formula is C32H38IN5O4. The lowest BCUT2D eigenvalue weighted by Crippen LogP contribution is -2.47. The molecule has 3 fully saturated rings. The molecule has 7 rings (SSSR count). The number of carbonyl (C=O) groups excluding carboxylic acids is 1. The molecule has 0 spiro atoms. The summed E-state index contributed by atoms with van der Waals surface area (Å²) in [7, 11) is 2.21. The van der Waals surface area contributed by atoms with Gasteiger partial charge in [-0.2, -0.15) is 9.97 Å². The summed E-state index contributed by atoms with van der Waals surface area (Å²) in [5, 5.41) is 23.0. The number of ether oxygens (including phenoxy) is 1. The number of halogens is 1. The van der Waals surface area contributed by atoms with E-state index >= 15 is 0 Å². The number of aromatic nitrogens is 2. The number of nitrogens with zero attached hydrogens (tertiary/aromatic N) is 5. The van der Waals surface area contributed by atoms with Gasteiger partial charge in [0.05, 0.1) is 36.6 Å². The normalized spacial score (nSPS) is 23.0. The Kier molecular flexibility index (Phi) is 7.01. The van der Waals surface area contributed by atoms with Crippen LogP contribution in [0.2, 0.25) is 0 Å². The molecule has 0 bridgehead atoms. The lowest BCUT2D eigenvalue weighted by Gasteiger charge is -2.38. The predicted molar refractivity (Wildman–Crippen MR) is 169 cm³/mol. The number of aliphatic hydroxyl groups is 1. The maximum atomic E-state index is 14.0. The fourth-order valence-electron chi connectivity index (χ4n) is 6.71. The van der Waals surface area contributed by atoms with Crippen LogP contribution in [0.25, 0.3) is 10.8 Å². The Morgan fingerprint density at radius 1 is 1.19 bits per heavy atom. The van der Waals surface area contributed by atoms with Gasteiger partial charge in [-0.05, 0) is 98.7 Å². The van der Waals surface area contributed by atoms with Crippen LogP contribution in [0, 0.1) is 8.99 Å². The van der Waals surface area contributed by atoms with Gasteiger partial charge in [0.2, 0.25) is 0 Å². The quantitative estimate of drug-likeness (QED) is 0.330. The van der Waals surface area contributed by atoms with Crippen molar-refractivity contribution in [3.05, 3.63) is 50.7 Å². The maximum absolute atomic E-state index is 14.0. The zero-order valence-electron chi connectivity index (χ0n) is 24.3. The molecule has 1 saturated heterocycles. The number of benzene rings is 2. The first-order valence-corrected chi connectivity index (χ1v) is 16.1. The van der Waals surface area contributed by atoms with Gasteiger partial charge < -0.3 is 29.6 Å². The van der Waals surface area contributed by atoms with E-state index in [4.69, 9.17) is 14.7 Å². The third-order valence-electron chi connectivity index (χ3n) is 9.36. The lowest BCUT2D eigenvalue weighted by atomic mass is 9.95. The Morgan fingerprint density at radius 2 is 2.00 bits per heavy atom. The Balaban J connectivity index is 1.18. The Hall–Kier alpha value is -2.70. The molecular weight excluding hydrogens is 645 g/mol. The first kappa shape index (κ1) is 28.1. The average Bonchev–Trinajstić information content (AvgIpc) is 3.88. The highest BCUT2D eigenvalue weighted by Crippen LogP contribution is 2.48. The number of anilines is 1. The van der Waals surface area contributed by atoms with Gasteiger partial charge in [-0.15, -0.1) is 0 Å². The second kappa shape index (κ2) is 10.5. The Morgan fingerprint density at radius 3 is 2.74 bits per heavy atom. The van der Waals surface area contributed by atoms with Gasteiger partial charge in [0, 0.05) is 45.6 Å². The number of hydrogen-bond acceptors (Lipinski definition) is 8. The zero-order chi connectivity index (χ0) is 29.2. The Labute approximate surface area is 260 Å². The van der Waals surface area contributed by atoms with E-state index in [-0.39, 0.29) is 17.1 Å². The minimum atomic E-state index is -0.812. The van der Waals surface area contributed by atoms with E-state index in [1.807, 2.05) is 25.1 Å². The van der Waals surface area contributed by atoms with Gasteiger partial charge in [0.15, 0.2) is 0 Å². The summed E-state index contributed by atoms with van der Waals surface area (Å²) in [6.07, 6.45) is 6.47. The van der Waals surface area contributed by atoms with Crippen molar-refractivity contribution in [1.82, 2.24) is 19.8 Å². The summed E-state index contributed by atoms with van der Waals surface area (Å²) >= 11 is 2.24. The second-order valence-electron chi connectivity index (χ2n) is 13.2. The number of carbonyl (C=O) groups is 1. The topological polar surface area (TPSA) is 102 Å². The maximum Gasteiger partial charge on any atom is 0.318 e. The highest BCUT2D eigenvalue weighted by atomic mass is 127. The van der Waals surface area contributed by atoms with E-state index in [1.165, 1.54) is 12.8 Å². The van der Waals surface area contributed by atoms with Crippen LogP contribution in [0.1, 0.15) is 67.1 Å². The molecule has 1 aromatic heterocycles. The number of β-amino-alcohol motifs (C(OH)–C–C–N with tert-alkyl or cyclic N) is 1. The first-order chi connectivity index (χ1) is 20.1. The molecule has 3 heterocycles. The van der Waals surface area contributed by atoms with Crippen molar-refractivity contribution >= 4 is 45.1 Å². The third kappa shape index (κ3) is 5.53. The molecule has 0 radical (unpaired) electrons. The average molecular weight is 684 g/mol. The molecule has 2 aliphatic carbocycles. The molecule has 10 heteroatoms. The van der Waals surface area contributed by atoms with Crippen molar-refractivity contribution in [1.29, 1.82) is 0 Å². The van der Waals surface area contributed by atoms with Crippen molar-refractivity contribution < 1.29 is 19.7 Å². The van der Waals surface area contributed by atoms with Crippen LogP contribution in [-0.4, -0.2) is 80.8 Å². The smallest absolute Gasteiger partial charge is 0.318 e. The van der Waals surface area contributed by atoms with Gasteiger partial charge in [0.1, 0.15) is 11.6 Å². The highest BCUT2D eigenvalue weighted by molar-refractivity contribution is 14.1. The number of amides is 1. The lowest BCUT2D eigenvalue weighted by molar-refractivity contribution is 0.0445. The van der Waals surface area contributed by atoms with E-state index in [9.17, 15) is 15.0 Å². The summed E-state index contributed by atoms with van der Waals surface area (Å²) in [5.74, 6) is 0.662. The highest BCUT2D eigenvalue weighted by Gasteiger charge is 2.46. The molecule has 2 N–H and O–H groups in total. The summed E-state index contributed by atoms with van der Waals surface area (Å²) in [5.41, 5.74) is 1.51. The molecule has 1 amide bonds. The number of hydrogen-bond donors (Lipinski definition) is 2. The SMILES string of the molecule is CN(CC1(COc2nc3c(c(N4CCC[C@@](C)(O)C4)n2)CN(C(=O)c2cc(O)cc4cccc(I)c24)C3)CC1)C1CC1. The second-order valence-corrected chi connectivity index (χ2v) is 14.4. The van der Waals surface area contributed by atoms with Crippen molar-refractivity contribution in [3.8, 4) is 11.8 Å². The molecule has 3 aromatic rings. The summed E-state index contributed by atoms with van der Waals surface area (Å²) < 4.78 is 7.29. The summed E-state index contributed by atoms with van der Waals surface area (Å²) in [6, 6.07) is 10.1. The van der Waals surface area contributed by atoms with Gasteiger partial charge in [-0.25, -0.2) is 0 Å². The van der Waals surface area contributed by atoms with Crippen LogP contribution >= 0.6 is 22.6 Å². The molecule has 2 aliphatic heterocycles. The van der Waals surface area contributed by atoms with Crippen molar-refractivity contribution in [3.63, 3.8) is 0 Å². The Bertz CT molecular complexity index is 1550. The van der Waals surface area contributed by atoms with E-state index in [0.717, 1.165) is 70.2 Å². The number of phenolic OH excluding ortho intramolecular Hbond substituents is 1. The minimum Gasteiger partial charge on any atom is -0.508 e. The third-order valence-corrected chi connectivity index (χ3v) is 10.3. The van der Waals surface area contributed by atoms with Crippen LogP contribution in [0.15, 0.2) is 30.3 Å². The number of fused-ring (bicyclic) bond motifs is 2. The van der Waals surface area contributed by atoms with Crippen molar-refractivity contribution in [2.24, 2.45) is 5.41 Å². The zero-order valence-corrected chi connectivity index (χ0v) is 26.4. The van der Waals surface area contributed by atoms with Gasteiger partial charge in [0.25, 0.3) is 5.91 Å². The monoisotopic (exact) mass is 683 g/mol. The fraction of sp³-hybridized carbons (Fsp3) is 0.531. The van der Waals surface area contributed by atoms with E-state index in [0.29, 0.717) is 43.9 Å². The molecule has 42 heavy (non-hydrogen) atoms. The number of aromatic hydroxyl groups is 1. The number of piperidine rings is 1. The van der Waals surface area contributed by atoms with Gasteiger partial charge >= 0.3 is 6.01 Å². The molecule has 9 nitrogen and oxygen atoms in total. The molecule has 4 aliphatic rings. The number of rotatable bonds is 8. The van der Waals surface area contributed by atoms with Gasteiger partial charge in [-0.1, -0.05) is 12.1 Å². The van der Waals surface area contributed by atoms with Crippen LogP contribution in [0.5, 0.6) is 11.8 Å². The van der Waals surface area contributed by atoms with Crippen molar-refractivity contribution in [2.75, 3.05) is 38.2 Å². The van der Waals surface area contributed by atoms with Crippen LogP contribution in [0.4, 0.5) is 5.82 Å². The van der Waals surface area contributed by atoms with Crippen molar-refractivity contribution in [2.45, 2.75) is 70.2 Å². The van der Waals surface area contributed by atoms with Crippen LogP contribution in [0.3, 0.4) is 0 Å². The minimum absolute atomic E-state index is 0.0672. The number of phenols is 1.